The Morgan fingerprint density at radius 3 is 2.55 bits per heavy atom. The number of methoxy groups -OCH3 is 1. The predicted molar refractivity (Wildman–Crippen MR) is 129 cm³/mol. The van der Waals surface area contributed by atoms with Crippen LogP contribution in [0.4, 0.5) is 5.69 Å². The molecule has 0 bridgehead atoms. The Labute approximate surface area is 186 Å². The maximum absolute atomic E-state index is 6.47. The molecule has 0 amide bonds. The van der Waals surface area contributed by atoms with Crippen LogP contribution in [0.3, 0.4) is 0 Å². The Hall–Kier alpha value is -2.75. The van der Waals surface area contributed by atoms with Crippen LogP contribution < -0.4 is 10.5 Å². The molecule has 1 aromatic heterocycles. The van der Waals surface area contributed by atoms with Crippen LogP contribution in [0.15, 0.2) is 48.8 Å². The van der Waals surface area contributed by atoms with E-state index in [4.69, 9.17) is 10.5 Å². The highest BCUT2D eigenvalue weighted by Crippen LogP contribution is 2.40. The van der Waals surface area contributed by atoms with Gasteiger partial charge in [0.2, 0.25) is 0 Å². The van der Waals surface area contributed by atoms with E-state index >= 15 is 0 Å². The Kier molecular flexibility index (Phi) is 6.35. The van der Waals surface area contributed by atoms with Crippen molar-refractivity contribution in [2.45, 2.75) is 64.8 Å². The maximum Gasteiger partial charge on any atom is 0.121 e. The monoisotopic (exact) mass is 417 g/mol. The van der Waals surface area contributed by atoms with Gasteiger partial charge in [-0.3, -0.25) is 4.68 Å². The zero-order chi connectivity index (χ0) is 22.0. The number of hydrogen-bond acceptors (Lipinski definition) is 3. The average molecular weight is 418 g/mol. The fourth-order valence-electron chi connectivity index (χ4n) is 5.01. The van der Waals surface area contributed by atoms with Crippen LogP contribution >= 0.6 is 0 Å². The Balaban J connectivity index is 1.47. The molecule has 0 spiro atoms. The number of nitrogen functional groups attached to an aromatic ring is 1. The average Bonchev–Trinajstić information content (AvgIpc) is 3.26. The largest absolute Gasteiger partial charge is 0.496 e. The molecular weight excluding hydrogens is 382 g/mol. The number of aryl methyl sites for hydroxylation is 1. The summed E-state index contributed by atoms with van der Waals surface area (Å²) >= 11 is 0. The van der Waals surface area contributed by atoms with E-state index in [1.165, 1.54) is 53.5 Å². The SMILES string of the molecule is COc1ccc(C2CCC(Cc3c(N)cccc3-c3cnn(C(C)C)c3)CC2)cc1C. The zero-order valence-corrected chi connectivity index (χ0v) is 19.3. The minimum absolute atomic E-state index is 0.357. The lowest BCUT2D eigenvalue weighted by molar-refractivity contribution is 0.324. The van der Waals surface area contributed by atoms with Crippen molar-refractivity contribution >= 4 is 5.69 Å². The summed E-state index contributed by atoms with van der Waals surface area (Å²) in [4.78, 5) is 0. The molecule has 1 fully saturated rings. The lowest BCUT2D eigenvalue weighted by Gasteiger charge is -2.30. The predicted octanol–water partition coefficient (Wildman–Crippen LogP) is 6.55. The summed E-state index contributed by atoms with van der Waals surface area (Å²) in [5.41, 5.74) is 13.7. The molecule has 4 heteroatoms. The number of anilines is 1. The second-order valence-corrected chi connectivity index (χ2v) is 9.33. The second-order valence-electron chi connectivity index (χ2n) is 9.33. The summed E-state index contributed by atoms with van der Waals surface area (Å²) in [5.74, 6) is 2.31. The van der Waals surface area contributed by atoms with Gasteiger partial charge in [-0.25, -0.2) is 0 Å². The number of nitrogens with two attached hydrogens (primary N) is 1. The van der Waals surface area contributed by atoms with Gasteiger partial charge in [-0.2, -0.15) is 5.10 Å². The van der Waals surface area contributed by atoms with Crippen molar-refractivity contribution in [2.75, 3.05) is 12.8 Å². The lowest BCUT2D eigenvalue weighted by atomic mass is 9.75. The van der Waals surface area contributed by atoms with Crippen LogP contribution in [0.1, 0.15) is 68.2 Å². The second kappa shape index (κ2) is 9.17. The third kappa shape index (κ3) is 4.63. The standard InChI is InChI=1S/C27H35N3O/c1-18(2)30-17-23(16-29-30)24-6-5-7-26(28)25(24)15-20-8-10-21(11-9-20)22-12-13-27(31-4)19(3)14-22/h5-7,12-14,16-18,20-21H,8-11,15,28H2,1-4H3. The minimum atomic E-state index is 0.357. The highest BCUT2D eigenvalue weighted by molar-refractivity contribution is 5.72. The van der Waals surface area contributed by atoms with E-state index < -0.39 is 0 Å². The molecule has 164 valence electrons. The zero-order valence-electron chi connectivity index (χ0n) is 19.3. The van der Waals surface area contributed by atoms with Crippen molar-refractivity contribution in [3.63, 3.8) is 0 Å². The van der Waals surface area contributed by atoms with Crippen LogP contribution in [0, 0.1) is 12.8 Å². The fraction of sp³-hybridized carbons (Fsp3) is 0.444. The quantitative estimate of drug-likeness (QED) is 0.463. The smallest absolute Gasteiger partial charge is 0.121 e. The molecule has 2 N–H and O–H groups in total. The first-order chi connectivity index (χ1) is 15.0. The summed E-state index contributed by atoms with van der Waals surface area (Å²) in [5, 5.41) is 4.54. The molecule has 1 aliphatic rings. The summed E-state index contributed by atoms with van der Waals surface area (Å²) in [7, 11) is 1.74. The van der Waals surface area contributed by atoms with Gasteiger partial charge in [0.05, 0.1) is 13.3 Å². The number of benzene rings is 2. The van der Waals surface area contributed by atoms with Crippen LogP contribution in [0.2, 0.25) is 0 Å². The molecule has 0 saturated heterocycles. The first-order valence-electron chi connectivity index (χ1n) is 11.5. The van der Waals surface area contributed by atoms with Gasteiger partial charge in [-0.1, -0.05) is 24.3 Å². The number of nitrogens with zero attached hydrogens (tertiary/aromatic N) is 2. The van der Waals surface area contributed by atoms with Gasteiger partial charge in [0.1, 0.15) is 5.75 Å². The molecule has 4 nitrogen and oxygen atoms in total. The van der Waals surface area contributed by atoms with Gasteiger partial charge < -0.3 is 10.5 Å². The molecule has 4 rings (SSSR count). The van der Waals surface area contributed by atoms with E-state index in [1.54, 1.807) is 7.11 Å². The van der Waals surface area contributed by atoms with Gasteiger partial charge >= 0.3 is 0 Å². The number of ether oxygens (including phenoxy) is 1. The minimum Gasteiger partial charge on any atom is -0.496 e. The lowest BCUT2D eigenvalue weighted by Crippen LogP contribution is -2.16. The van der Waals surface area contributed by atoms with Crippen molar-refractivity contribution in [1.29, 1.82) is 0 Å². The van der Waals surface area contributed by atoms with E-state index in [9.17, 15) is 0 Å². The van der Waals surface area contributed by atoms with Gasteiger partial charge in [-0.15, -0.1) is 0 Å². The van der Waals surface area contributed by atoms with E-state index in [2.05, 4.69) is 62.4 Å². The number of aromatic nitrogens is 2. The molecule has 0 atom stereocenters. The van der Waals surface area contributed by atoms with Crippen molar-refractivity contribution in [2.24, 2.45) is 5.92 Å². The van der Waals surface area contributed by atoms with Crippen molar-refractivity contribution in [1.82, 2.24) is 9.78 Å². The Bertz CT molecular complexity index is 1030. The summed E-state index contributed by atoms with van der Waals surface area (Å²) in [6.07, 6.45) is 10.1. The maximum atomic E-state index is 6.47. The fourth-order valence-corrected chi connectivity index (χ4v) is 5.01. The number of rotatable bonds is 6. The van der Waals surface area contributed by atoms with Gasteiger partial charge in [0.25, 0.3) is 0 Å². The molecule has 3 aromatic rings. The topological polar surface area (TPSA) is 53.1 Å². The summed E-state index contributed by atoms with van der Waals surface area (Å²) < 4.78 is 7.44. The summed E-state index contributed by atoms with van der Waals surface area (Å²) in [6.45, 7) is 6.44. The highest BCUT2D eigenvalue weighted by Gasteiger charge is 2.24. The molecular formula is C27H35N3O. The molecule has 1 aliphatic carbocycles. The Morgan fingerprint density at radius 2 is 1.90 bits per heavy atom. The molecule has 31 heavy (non-hydrogen) atoms. The molecule has 0 radical (unpaired) electrons. The third-order valence-electron chi connectivity index (χ3n) is 6.88. The van der Waals surface area contributed by atoms with E-state index in [-0.39, 0.29) is 0 Å². The van der Waals surface area contributed by atoms with Crippen molar-refractivity contribution < 1.29 is 4.74 Å². The van der Waals surface area contributed by atoms with Crippen LogP contribution in [0.25, 0.3) is 11.1 Å². The van der Waals surface area contributed by atoms with Crippen LogP contribution in [0.5, 0.6) is 5.75 Å². The van der Waals surface area contributed by atoms with E-state index in [0.29, 0.717) is 17.9 Å². The molecule has 1 saturated carbocycles. The van der Waals surface area contributed by atoms with Gasteiger partial charge in [0.15, 0.2) is 0 Å². The summed E-state index contributed by atoms with van der Waals surface area (Å²) in [6, 6.07) is 13.3. The van der Waals surface area contributed by atoms with Gasteiger partial charge in [-0.05, 0) is 99.1 Å². The molecule has 0 aliphatic heterocycles. The van der Waals surface area contributed by atoms with Crippen molar-refractivity contribution in [3.8, 4) is 16.9 Å². The van der Waals surface area contributed by atoms with Crippen molar-refractivity contribution in [3.05, 3.63) is 65.5 Å². The normalized spacial score (nSPS) is 19.0. The highest BCUT2D eigenvalue weighted by atomic mass is 16.5. The first kappa shape index (κ1) is 21.5. The van der Waals surface area contributed by atoms with Crippen LogP contribution in [-0.4, -0.2) is 16.9 Å². The van der Waals surface area contributed by atoms with Crippen LogP contribution in [-0.2, 0) is 6.42 Å². The van der Waals surface area contributed by atoms with E-state index in [0.717, 1.165) is 17.9 Å². The third-order valence-corrected chi connectivity index (χ3v) is 6.88. The molecule has 2 aromatic carbocycles. The molecule has 1 heterocycles. The molecule has 0 unspecified atom stereocenters. The Morgan fingerprint density at radius 1 is 1.13 bits per heavy atom. The van der Waals surface area contributed by atoms with Gasteiger partial charge in [0, 0.05) is 23.5 Å². The first-order valence-corrected chi connectivity index (χ1v) is 11.5. The number of hydrogen-bond donors (Lipinski definition) is 1. The van der Waals surface area contributed by atoms with E-state index in [1.807, 2.05) is 16.9 Å².